The van der Waals surface area contributed by atoms with Crippen molar-refractivity contribution in [2.75, 3.05) is 12.4 Å². The van der Waals surface area contributed by atoms with E-state index in [0.29, 0.717) is 28.4 Å². The summed E-state index contributed by atoms with van der Waals surface area (Å²) in [5, 5.41) is 9.12. The molecule has 0 aliphatic heterocycles. The van der Waals surface area contributed by atoms with Crippen LogP contribution in [0.15, 0.2) is 5.16 Å². The fourth-order valence-corrected chi connectivity index (χ4v) is 3.73. The molecule has 0 amide bonds. The van der Waals surface area contributed by atoms with E-state index in [2.05, 4.69) is 15.2 Å². The van der Waals surface area contributed by atoms with Crippen LogP contribution in [0.25, 0.3) is 0 Å². The quantitative estimate of drug-likeness (QED) is 0.463. The summed E-state index contributed by atoms with van der Waals surface area (Å²) in [6.07, 6.45) is 2.31. The number of hydrogen-bond donors (Lipinski definition) is 1. The predicted molar refractivity (Wildman–Crippen MR) is 94.3 cm³/mol. The van der Waals surface area contributed by atoms with Gasteiger partial charge in [0.15, 0.2) is 10.9 Å². The van der Waals surface area contributed by atoms with Gasteiger partial charge in [-0.15, -0.1) is 10.2 Å². The van der Waals surface area contributed by atoms with Crippen LogP contribution in [0.1, 0.15) is 63.6 Å². The highest BCUT2D eigenvalue weighted by Gasteiger charge is 2.30. The van der Waals surface area contributed by atoms with Crippen molar-refractivity contribution >= 4 is 23.5 Å². The Labute approximate surface area is 150 Å². The molecule has 1 aliphatic carbocycles. The van der Waals surface area contributed by atoms with Gasteiger partial charge in [0, 0.05) is 24.4 Å². The maximum Gasteiger partial charge on any atom is 0.340 e. The Kier molecular flexibility index (Phi) is 4.99. The molecule has 7 nitrogen and oxygen atoms in total. The van der Waals surface area contributed by atoms with E-state index in [0.717, 1.165) is 23.8 Å². The minimum Gasteiger partial charge on any atom is -0.462 e. The van der Waals surface area contributed by atoms with E-state index in [-0.39, 0.29) is 18.1 Å². The highest BCUT2D eigenvalue weighted by molar-refractivity contribution is 7.99. The van der Waals surface area contributed by atoms with Crippen LogP contribution in [-0.4, -0.2) is 43.9 Å². The monoisotopic (exact) mass is 362 g/mol. The van der Waals surface area contributed by atoms with Gasteiger partial charge in [-0.05, 0) is 33.6 Å². The summed E-state index contributed by atoms with van der Waals surface area (Å²) >= 11 is 1.34. The lowest BCUT2D eigenvalue weighted by Crippen LogP contribution is -2.13. The average molecular weight is 362 g/mol. The van der Waals surface area contributed by atoms with Gasteiger partial charge >= 0.3 is 5.97 Å². The van der Waals surface area contributed by atoms with Crippen LogP contribution >= 0.6 is 11.8 Å². The molecule has 0 aromatic carbocycles. The zero-order valence-electron chi connectivity index (χ0n) is 14.9. The maximum absolute atomic E-state index is 12.7. The standard InChI is InChI=1S/C17H22N4O3S/c1-5-24-16(23)14-10(3)18-9(2)13(14)12(22)8-25-17-20-19-15(21(17)4)11-6-7-11/h11,18H,5-8H2,1-4H3. The molecular formula is C17H22N4O3S. The van der Waals surface area contributed by atoms with Gasteiger partial charge in [-0.25, -0.2) is 4.79 Å². The number of nitrogens with zero attached hydrogens (tertiary/aromatic N) is 3. The second-order valence-corrected chi connectivity index (χ2v) is 7.17. The lowest BCUT2D eigenvalue weighted by Gasteiger charge is -2.06. The molecule has 2 heterocycles. The number of rotatable bonds is 7. The van der Waals surface area contributed by atoms with Crippen LogP contribution in [0.4, 0.5) is 0 Å². The van der Waals surface area contributed by atoms with Crippen LogP contribution in [-0.2, 0) is 11.8 Å². The van der Waals surface area contributed by atoms with E-state index in [9.17, 15) is 9.59 Å². The van der Waals surface area contributed by atoms with Crippen molar-refractivity contribution in [2.45, 2.75) is 44.7 Å². The molecule has 1 N–H and O–H groups in total. The third kappa shape index (κ3) is 3.49. The molecule has 0 radical (unpaired) electrons. The maximum atomic E-state index is 12.7. The van der Waals surface area contributed by atoms with Crippen molar-refractivity contribution in [1.82, 2.24) is 19.7 Å². The molecule has 2 aromatic rings. The molecule has 1 fully saturated rings. The molecule has 1 aliphatic rings. The van der Waals surface area contributed by atoms with Crippen LogP contribution in [0.3, 0.4) is 0 Å². The van der Waals surface area contributed by atoms with Crippen LogP contribution in [0.5, 0.6) is 0 Å². The van der Waals surface area contributed by atoms with Crippen LogP contribution in [0, 0.1) is 13.8 Å². The molecule has 0 spiro atoms. The lowest BCUT2D eigenvalue weighted by molar-refractivity contribution is 0.0522. The first-order valence-electron chi connectivity index (χ1n) is 8.35. The van der Waals surface area contributed by atoms with Crippen molar-refractivity contribution in [2.24, 2.45) is 7.05 Å². The Hall–Kier alpha value is -2.09. The van der Waals surface area contributed by atoms with Gasteiger partial charge in [-0.3, -0.25) is 4.79 Å². The van der Waals surface area contributed by atoms with Crippen molar-refractivity contribution in [3.63, 3.8) is 0 Å². The number of H-pyrrole nitrogens is 1. The second-order valence-electron chi connectivity index (χ2n) is 6.23. The molecule has 3 rings (SSSR count). The summed E-state index contributed by atoms with van der Waals surface area (Å²) in [6.45, 7) is 5.58. The van der Waals surface area contributed by atoms with Crippen molar-refractivity contribution in [3.05, 3.63) is 28.3 Å². The summed E-state index contributed by atoms with van der Waals surface area (Å²) in [4.78, 5) is 28.0. The molecule has 0 atom stereocenters. The number of esters is 1. The van der Waals surface area contributed by atoms with E-state index in [4.69, 9.17) is 4.74 Å². The van der Waals surface area contributed by atoms with Gasteiger partial charge in [0.1, 0.15) is 5.82 Å². The van der Waals surface area contributed by atoms with Crippen molar-refractivity contribution < 1.29 is 14.3 Å². The Balaban J connectivity index is 1.76. The summed E-state index contributed by atoms with van der Waals surface area (Å²) in [5.74, 6) is 1.10. The zero-order valence-corrected chi connectivity index (χ0v) is 15.7. The summed E-state index contributed by atoms with van der Waals surface area (Å²) in [7, 11) is 1.93. The van der Waals surface area contributed by atoms with E-state index >= 15 is 0 Å². The first-order valence-corrected chi connectivity index (χ1v) is 9.34. The lowest BCUT2D eigenvalue weighted by atomic mass is 10.1. The van der Waals surface area contributed by atoms with Crippen LogP contribution < -0.4 is 0 Å². The van der Waals surface area contributed by atoms with Gasteiger partial charge in [0.2, 0.25) is 0 Å². The minimum absolute atomic E-state index is 0.120. The molecule has 8 heteroatoms. The zero-order chi connectivity index (χ0) is 18.1. The third-order valence-electron chi connectivity index (χ3n) is 4.28. The van der Waals surface area contributed by atoms with Gasteiger partial charge in [-0.1, -0.05) is 11.8 Å². The predicted octanol–water partition coefficient (Wildman–Crippen LogP) is 2.79. The van der Waals surface area contributed by atoms with E-state index in [1.165, 1.54) is 11.8 Å². The fraction of sp³-hybridized carbons (Fsp3) is 0.529. The first kappa shape index (κ1) is 17.7. The van der Waals surface area contributed by atoms with Gasteiger partial charge < -0.3 is 14.3 Å². The Bertz CT molecular complexity index is 820. The number of Topliss-reactive ketones (excluding diaryl/α,β-unsaturated/α-hetero) is 1. The van der Waals surface area contributed by atoms with E-state index in [1.54, 1.807) is 20.8 Å². The molecule has 1 saturated carbocycles. The molecule has 0 saturated heterocycles. The normalized spacial score (nSPS) is 13.9. The topological polar surface area (TPSA) is 89.9 Å². The second kappa shape index (κ2) is 7.03. The Morgan fingerprint density at radius 1 is 1.24 bits per heavy atom. The fourth-order valence-electron chi connectivity index (χ4n) is 2.94. The smallest absolute Gasteiger partial charge is 0.340 e. The molecule has 0 bridgehead atoms. The Morgan fingerprint density at radius 2 is 1.92 bits per heavy atom. The summed E-state index contributed by atoms with van der Waals surface area (Å²) in [6, 6.07) is 0. The minimum atomic E-state index is -0.465. The number of aromatic amines is 1. The number of nitrogens with one attached hydrogen (secondary N) is 1. The third-order valence-corrected chi connectivity index (χ3v) is 5.30. The first-order chi connectivity index (χ1) is 11.9. The number of aryl methyl sites for hydroxylation is 2. The number of hydrogen-bond acceptors (Lipinski definition) is 6. The molecule has 25 heavy (non-hydrogen) atoms. The number of ether oxygens (including phenoxy) is 1. The number of aromatic nitrogens is 4. The number of carbonyl (C=O) groups is 2. The summed E-state index contributed by atoms with van der Waals surface area (Å²) in [5.41, 5.74) is 2.08. The molecular weight excluding hydrogens is 340 g/mol. The molecule has 2 aromatic heterocycles. The SMILES string of the molecule is CCOC(=O)c1c(C)[nH]c(C)c1C(=O)CSc1nnc(C2CC2)n1C. The van der Waals surface area contributed by atoms with Crippen molar-refractivity contribution in [3.8, 4) is 0 Å². The van der Waals surface area contributed by atoms with Gasteiger partial charge in [0.05, 0.1) is 23.5 Å². The van der Waals surface area contributed by atoms with Crippen LogP contribution in [0.2, 0.25) is 0 Å². The largest absolute Gasteiger partial charge is 0.462 e. The number of carbonyl (C=O) groups excluding carboxylic acids is 2. The van der Waals surface area contributed by atoms with Gasteiger partial charge in [0.25, 0.3) is 0 Å². The molecule has 0 unspecified atom stereocenters. The highest BCUT2D eigenvalue weighted by Crippen LogP contribution is 2.39. The highest BCUT2D eigenvalue weighted by atomic mass is 32.2. The van der Waals surface area contributed by atoms with Gasteiger partial charge in [-0.2, -0.15) is 0 Å². The molecule has 134 valence electrons. The number of ketones is 1. The number of thioether (sulfide) groups is 1. The van der Waals surface area contributed by atoms with E-state index in [1.807, 2.05) is 11.6 Å². The van der Waals surface area contributed by atoms with E-state index < -0.39 is 5.97 Å². The summed E-state index contributed by atoms with van der Waals surface area (Å²) < 4.78 is 7.04. The Morgan fingerprint density at radius 3 is 2.56 bits per heavy atom. The average Bonchev–Trinajstić information content (AvgIpc) is 3.26. The van der Waals surface area contributed by atoms with Crippen molar-refractivity contribution in [1.29, 1.82) is 0 Å².